The summed E-state index contributed by atoms with van der Waals surface area (Å²) in [5, 5.41) is 22.6. The number of halogens is 1. The maximum Gasteiger partial charge on any atom is 0.162 e. The van der Waals surface area contributed by atoms with Crippen molar-refractivity contribution in [3.8, 4) is 11.5 Å². The first-order valence-electron chi connectivity index (χ1n) is 5.31. The van der Waals surface area contributed by atoms with Crippen molar-refractivity contribution in [1.29, 1.82) is 0 Å². The number of aromatic hydroxyl groups is 1. The van der Waals surface area contributed by atoms with E-state index in [-0.39, 0.29) is 12.4 Å². The van der Waals surface area contributed by atoms with E-state index in [0.29, 0.717) is 22.9 Å². The number of benzene rings is 1. The fourth-order valence-electron chi connectivity index (χ4n) is 1.31. The molecular formula is C12H18ClNO3. The van der Waals surface area contributed by atoms with Gasteiger partial charge in [-0.3, -0.25) is 0 Å². The molecule has 4 nitrogen and oxygen atoms in total. The highest BCUT2D eigenvalue weighted by Gasteiger charge is 2.17. The van der Waals surface area contributed by atoms with Crippen molar-refractivity contribution in [1.82, 2.24) is 5.32 Å². The average Bonchev–Trinajstić information content (AvgIpc) is 2.30. The first-order chi connectivity index (χ1) is 7.89. The largest absolute Gasteiger partial charge is 0.504 e. The third-order valence-corrected chi connectivity index (χ3v) is 2.71. The smallest absolute Gasteiger partial charge is 0.162 e. The Kier molecular flexibility index (Phi) is 4.62. The molecule has 0 heterocycles. The van der Waals surface area contributed by atoms with Crippen molar-refractivity contribution in [3.63, 3.8) is 0 Å². The zero-order chi connectivity index (χ0) is 13.1. The number of nitrogens with one attached hydrogen (secondary N) is 1. The van der Waals surface area contributed by atoms with E-state index >= 15 is 0 Å². The van der Waals surface area contributed by atoms with Gasteiger partial charge in [-0.25, -0.2) is 0 Å². The molecule has 0 saturated heterocycles. The van der Waals surface area contributed by atoms with Gasteiger partial charge in [0.1, 0.15) is 0 Å². The molecule has 0 unspecified atom stereocenters. The van der Waals surface area contributed by atoms with E-state index in [4.69, 9.17) is 21.4 Å². The number of hydrogen-bond acceptors (Lipinski definition) is 4. The molecule has 0 aromatic heterocycles. The summed E-state index contributed by atoms with van der Waals surface area (Å²) >= 11 is 5.92. The first-order valence-corrected chi connectivity index (χ1v) is 5.68. The van der Waals surface area contributed by atoms with E-state index in [1.807, 2.05) is 13.8 Å². The van der Waals surface area contributed by atoms with Crippen molar-refractivity contribution in [2.75, 3.05) is 13.7 Å². The van der Waals surface area contributed by atoms with Crippen LogP contribution in [0.5, 0.6) is 11.5 Å². The van der Waals surface area contributed by atoms with E-state index < -0.39 is 5.54 Å². The highest BCUT2D eigenvalue weighted by molar-refractivity contribution is 6.30. The molecule has 0 spiro atoms. The van der Waals surface area contributed by atoms with Crippen molar-refractivity contribution < 1.29 is 14.9 Å². The van der Waals surface area contributed by atoms with Crippen LogP contribution in [0.1, 0.15) is 19.4 Å². The molecule has 0 amide bonds. The normalized spacial score (nSPS) is 11.6. The van der Waals surface area contributed by atoms with Gasteiger partial charge in [0.15, 0.2) is 11.5 Å². The van der Waals surface area contributed by atoms with E-state index in [1.165, 1.54) is 7.11 Å². The van der Waals surface area contributed by atoms with Crippen molar-refractivity contribution in [3.05, 3.63) is 22.7 Å². The number of hydrogen-bond donors (Lipinski definition) is 3. The predicted molar refractivity (Wildman–Crippen MR) is 67.7 cm³/mol. The Morgan fingerprint density at radius 2 is 2.06 bits per heavy atom. The van der Waals surface area contributed by atoms with Crippen LogP contribution < -0.4 is 10.1 Å². The topological polar surface area (TPSA) is 61.7 Å². The van der Waals surface area contributed by atoms with Crippen LogP contribution in [0.4, 0.5) is 0 Å². The molecule has 0 aliphatic carbocycles. The Morgan fingerprint density at radius 1 is 1.41 bits per heavy atom. The van der Waals surface area contributed by atoms with Gasteiger partial charge in [0, 0.05) is 28.7 Å². The lowest BCUT2D eigenvalue weighted by Gasteiger charge is -2.24. The molecule has 0 aliphatic rings. The number of aliphatic hydroxyl groups is 1. The van der Waals surface area contributed by atoms with Crippen LogP contribution in [0.25, 0.3) is 0 Å². The molecular weight excluding hydrogens is 242 g/mol. The van der Waals surface area contributed by atoms with Crippen molar-refractivity contribution in [2.24, 2.45) is 0 Å². The molecule has 1 rings (SSSR count). The molecule has 1 aromatic rings. The molecule has 96 valence electrons. The van der Waals surface area contributed by atoms with E-state index in [9.17, 15) is 5.11 Å². The van der Waals surface area contributed by atoms with E-state index in [0.717, 1.165) is 0 Å². The second-order valence-corrected chi connectivity index (χ2v) is 4.95. The summed E-state index contributed by atoms with van der Waals surface area (Å²) in [6, 6.07) is 3.22. The van der Waals surface area contributed by atoms with E-state index in [1.54, 1.807) is 12.1 Å². The molecule has 1 aromatic carbocycles. The van der Waals surface area contributed by atoms with Crippen LogP contribution in [0.2, 0.25) is 5.02 Å². The molecule has 0 fully saturated rings. The monoisotopic (exact) mass is 259 g/mol. The minimum atomic E-state index is -0.415. The van der Waals surface area contributed by atoms with Crippen LogP contribution >= 0.6 is 11.6 Å². The lowest BCUT2D eigenvalue weighted by Crippen LogP contribution is -2.42. The van der Waals surface area contributed by atoms with Gasteiger partial charge in [-0.1, -0.05) is 11.6 Å². The van der Waals surface area contributed by atoms with Crippen LogP contribution in [0.15, 0.2) is 12.1 Å². The lowest BCUT2D eigenvalue weighted by atomic mass is 10.1. The molecule has 0 saturated carbocycles. The fourth-order valence-corrected chi connectivity index (χ4v) is 1.54. The zero-order valence-electron chi connectivity index (χ0n) is 10.2. The maximum atomic E-state index is 9.90. The highest BCUT2D eigenvalue weighted by Crippen LogP contribution is 2.33. The Labute approximate surface area is 106 Å². The number of phenols is 1. The van der Waals surface area contributed by atoms with Crippen LogP contribution in [0, 0.1) is 0 Å². The summed E-state index contributed by atoms with van der Waals surface area (Å²) in [4.78, 5) is 0. The van der Waals surface area contributed by atoms with Gasteiger partial charge in [-0.15, -0.1) is 0 Å². The SMILES string of the molecule is COc1cc(Cl)cc(CNC(C)(C)CO)c1O. The summed E-state index contributed by atoms with van der Waals surface area (Å²) in [5.74, 6) is 0.411. The third-order valence-electron chi connectivity index (χ3n) is 2.49. The summed E-state index contributed by atoms with van der Waals surface area (Å²) in [7, 11) is 1.47. The molecule has 0 bridgehead atoms. The molecule has 17 heavy (non-hydrogen) atoms. The van der Waals surface area contributed by atoms with E-state index in [2.05, 4.69) is 5.32 Å². The van der Waals surface area contributed by atoms with Gasteiger partial charge in [0.05, 0.1) is 13.7 Å². The highest BCUT2D eigenvalue weighted by atomic mass is 35.5. The molecule has 0 aliphatic heterocycles. The number of ether oxygens (including phenoxy) is 1. The van der Waals surface area contributed by atoms with Crippen LogP contribution in [-0.4, -0.2) is 29.5 Å². The lowest BCUT2D eigenvalue weighted by molar-refractivity contribution is 0.187. The Bertz CT molecular complexity index is 394. The predicted octanol–water partition coefficient (Wildman–Crippen LogP) is 1.91. The van der Waals surface area contributed by atoms with Gasteiger partial charge in [0.2, 0.25) is 0 Å². The Balaban J connectivity index is 2.88. The fraction of sp³-hybridized carbons (Fsp3) is 0.500. The minimum absolute atomic E-state index is 0.00542. The van der Waals surface area contributed by atoms with Gasteiger partial charge < -0.3 is 20.3 Å². The van der Waals surface area contributed by atoms with Crippen molar-refractivity contribution in [2.45, 2.75) is 25.9 Å². The number of phenolic OH excluding ortho intramolecular Hbond substituents is 1. The van der Waals surface area contributed by atoms with Gasteiger partial charge >= 0.3 is 0 Å². The standard InChI is InChI=1S/C12H18ClNO3/c1-12(2,7-15)14-6-8-4-9(13)5-10(17-3)11(8)16/h4-5,14-16H,6-7H2,1-3H3. The first kappa shape index (κ1) is 14.1. The maximum absolute atomic E-state index is 9.90. The molecule has 0 radical (unpaired) electrons. The second kappa shape index (κ2) is 5.58. The van der Waals surface area contributed by atoms with Crippen molar-refractivity contribution >= 4 is 11.6 Å². The summed E-state index contributed by atoms with van der Waals surface area (Å²) in [5.41, 5.74) is 0.220. The third kappa shape index (κ3) is 3.77. The summed E-state index contributed by atoms with van der Waals surface area (Å²) in [6.07, 6.45) is 0. The second-order valence-electron chi connectivity index (χ2n) is 4.51. The molecule has 3 N–H and O–H groups in total. The number of aliphatic hydroxyl groups excluding tert-OH is 1. The van der Waals surface area contributed by atoms with Gasteiger partial charge in [-0.05, 0) is 19.9 Å². The van der Waals surface area contributed by atoms with Crippen LogP contribution in [0.3, 0.4) is 0 Å². The van der Waals surface area contributed by atoms with Gasteiger partial charge in [0.25, 0.3) is 0 Å². The molecule has 0 atom stereocenters. The zero-order valence-corrected chi connectivity index (χ0v) is 11.0. The van der Waals surface area contributed by atoms with Crippen LogP contribution in [-0.2, 0) is 6.54 Å². The number of rotatable bonds is 5. The summed E-state index contributed by atoms with van der Waals surface area (Å²) < 4.78 is 5.01. The minimum Gasteiger partial charge on any atom is -0.504 e. The molecule has 5 heteroatoms. The Morgan fingerprint density at radius 3 is 2.59 bits per heavy atom. The van der Waals surface area contributed by atoms with Gasteiger partial charge in [-0.2, -0.15) is 0 Å². The quantitative estimate of drug-likeness (QED) is 0.756. The Hall–Kier alpha value is -0.970. The average molecular weight is 260 g/mol. The number of methoxy groups -OCH3 is 1. The summed E-state index contributed by atoms with van der Waals surface area (Å²) in [6.45, 7) is 4.14.